The maximum absolute atomic E-state index is 12.9. The van der Waals surface area contributed by atoms with E-state index in [1.54, 1.807) is 39.0 Å². The van der Waals surface area contributed by atoms with E-state index in [0.717, 1.165) is 12.8 Å². The number of rotatable bonds is 4. The number of hydrogen-bond acceptors (Lipinski definition) is 6. The molecule has 0 bridgehead atoms. The van der Waals surface area contributed by atoms with Gasteiger partial charge in [0.25, 0.3) is 0 Å². The van der Waals surface area contributed by atoms with Crippen LogP contribution in [0.2, 0.25) is 0 Å². The zero-order valence-electron chi connectivity index (χ0n) is 18.3. The Labute approximate surface area is 168 Å². The van der Waals surface area contributed by atoms with Crippen molar-refractivity contribution in [1.29, 1.82) is 0 Å². The van der Waals surface area contributed by atoms with E-state index < -0.39 is 17.5 Å². The van der Waals surface area contributed by atoms with E-state index in [9.17, 15) is 9.59 Å². The minimum atomic E-state index is -0.716. The van der Waals surface area contributed by atoms with Gasteiger partial charge in [-0.2, -0.15) is 4.89 Å². The molecule has 0 aliphatic carbocycles. The van der Waals surface area contributed by atoms with E-state index in [2.05, 4.69) is 39.6 Å². The van der Waals surface area contributed by atoms with Crippen molar-refractivity contribution in [2.75, 3.05) is 7.05 Å². The highest BCUT2D eigenvalue weighted by atomic mass is 17.2. The van der Waals surface area contributed by atoms with E-state index >= 15 is 0 Å². The van der Waals surface area contributed by atoms with Crippen molar-refractivity contribution < 1.29 is 24.1 Å². The van der Waals surface area contributed by atoms with Crippen LogP contribution >= 0.6 is 0 Å². The average Bonchev–Trinajstić information content (AvgIpc) is 2.56. The predicted octanol–water partition coefficient (Wildman–Crippen LogP) is 4.38. The van der Waals surface area contributed by atoms with Crippen LogP contribution in [0.5, 0.6) is 0 Å². The van der Waals surface area contributed by atoms with Crippen molar-refractivity contribution in [2.45, 2.75) is 84.1 Å². The lowest BCUT2D eigenvalue weighted by molar-refractivity contribution is -0.301. The summed E-state index contributed by atoms with van der Waals surface area (Å²) in [5.74, 6) is -1.24. The lowest BCUT2D eigenvalue weighted by Crippen LogP contribution is -2.60. The molecule has 0 radical (unpaired) electrons. The summed E-state index contributed by atoms with van der Waals surface area (Å²) in [6.07, 6.45) is 1.21. The third-order valence-corrected chi connectivity index (χ3v) is 5.28. The van der Waals surface area contributed by atoms with Gasteiger partial charge in [0.2, 0.25) is 0 Å². The lowest BCUT2D eigenvalue weighted by atomic mass is 9.78. The number of ether oxygens (including phenoxy) is 1. The predicted molar refractivity (Wildman–Crippen MR) is 107 cm³/mol. The molecule has 0 atom stereocenters. The summed E-state index contributed by atoms with van der Waals surface area (Å²) in [6, 6.07) is 6.47. The number of hydrogen-bond donors (Lipinski definition) is 0. The fourth-order valence-corrected chi connectivity index (χ4v) is 3.62. The number of benzene rings is 1. The summed E-state index contributed by atoms with van der Waals surface area (Å²) >= 11 is 0. The molecule has 0 amide bonds. The first kappa shape index (κ1) is 22.4. The van der Waals surface area contributed by atoms with Gasteiger partial charge in [0.1, 0.15) is 11.7 Å². The van der Waals surface area contributed by atoms with Crippen molar-refractivity contribution in [3.63, 3.8) is 0 Å². The quantitative estimate of drug-likeness (QED) is 0.431. The summed E-state index contributed by atoms with van der Waals surface area (Å²) in [5.41, 5.74) is -0.545. The first-order valence-electron chi connectivity index (χ1n) is 9.67. The van der Waals surface area contributed by atoms with Crippen LogP contribution in [0.4, 0.5) is 0 Å². The Morgan fingerprint density at radius 1 is 0.964 bits per heavy atom. The highest BCUT2D eigenvalue weighted by molar-refractivity contribution is 6.03. The Bertz CT molecular complexity index is 715. The molecule has 6 nitrogen and oxygen atoms in total. The third kappa shape index (κ3) is 5.32. The monoisotopic (exact) mass is 391 g/mol. The van der Waals surface area contributed by atoms with Gasteiger partial charge in [-0.3, -0.25) is 9.79 Å². The number of carbonyl (C=O) groups is 2. The highest BCUT2D eigenvalue weighted by Crippen LogP contribution is 2.38. The van der Waals surface area contributed by atoms with Crippen LogP contribution in [0.3, 0.4) is 0 Å². The summed E-state index contributed by atoms with van der Waals surface area (Å²) in [4.78, 5) is 37.6. The van der Waals surface area contributed by atoms with Crippen LogP contribution in [-0.2, 0) is 14.5 Å². The van der Waals surface area contributed by atoms with Crippen LogP contribution in [0.15, 0.2) is 24.3 Å². The third-order valence-electron chi connectivity index (χ3n) is 5.28. The van der Waals surface area contributed by atoms with Crippen molar-refractivity contribution in [2.24, 2.45) is 0 Å². The molecule has 0 aromatic heterocycles. The zero-order valence-corrected chi connectivity index (χ0v) is 18.3. The van der Waals surface area contributed by atoms with Gasteiger partial charge < -0.3 is 4.74 Å². The molecule has 1 heterocycles. The molecule has 2 rings (SSSR count). The molecule has 156 valence electrons. The summed E-state index contributed by atoms with van der Waals surface area (Å²) in [5, 5.41) is 0. The first-order valence-corrected chi connectivity index (χ1v) is 9.67. The fourth-order valence-electron chi connectivity index (χ4n) is 3.62. The van der Waals surface area contributed by atoms with Gasteiger partial charge in [0.05, 0.1) is 11.1 Å². The van der Waals surface area contributed by atoms with Crippen LogP contribution in [0, 0.1) is 0 Å². The Kier molecular flexibility index (Phi) is 6.26. The largest absolute Gasteiger partial charge is 0.459 e. The van der Waals surface area contributed by atoms with Crippen LogP contribution in [0.1, 0.15) is 82.0 Å². The van der Waals surface area contributed by atoms with Crippen molar-refractivity contribution in [1.82, 2.24) is 4.90 Å². The maximum Gasteiger partial charge on any atom is 0.373 e. The van der Waals surface area contributed by atoms with Gasteiger partial charge in [-0.05, 0) is 67.6 Å². The molecule has 0 spiro atoms. The van der Waals surface area contributed by atoms with E-state index in [1.165, 1.54) is 6.07 Å². The highest BCUT2D eigenvalue weighted by Gasteiger charge is 2.44. The molecule has 0 saturated carbocycles. The molecule has 1 saturated heterocycles. The fraction of sp³-hybridized carbons (Fsp3) is 0.636. The normalized spacial score (nSPS) is 19.9. The Morgan fingerprint density at radius 2 is 1.43 bits per heavy atom. The van der Waals surface area contributed by atoms with Crippen molar-refractivity contribution in [3.05, 3.63) is 35.4 Å². The van der Waals surface area contributed by atoms with Crippen LogP contribution in [0.25, 0.3) is 0 Å². The second kappa shape index (κ2) is 7.84. The first-order chi connectivity index (χ1) is 12.7. The minimum absolute atomic E-state index is 0.105. The Morgan fingerprint density at radius 3 is 1.89 bits per heavy atom. The Hall–Kier alpha value is -1.92. The smallest absolute Gasteiger partial charge is 0.373 e. The Balaban J connectivity index is 2.16. The van der Waals surface area contributed by atoms with Gasteiger partial charge >= 0.3 is 11.9 Å². The van der Waals surface area contributed by atoms with E-state index in [4.69, 9.17) is 14.5 Å². The van der Waals surface area contributed by atoms with E-state index in [1.807, 2.05) is 0 Å². The van der Waals surface area contributed by atoms with Crippen LogP contribution in [-0.4, -0.2) is 46.7 Å². The van der Waals surface area contributed by atoms with Gasteiger partial charge in [-0.15, -0.1) is 0 Å². The molecule has 1 aliphatic rings. The maximum atomic E-state index is 12.9. The lowest BCUT2D eigenvalue weighted by Gasteiger charge is -2.53. The number of likely N-dealkylation sites (tertiary alicyclic amines) is 1. The molecule has 1 aromatic carbocycles. The van der Waals surface area contributed by atoms with Gasteiger partial charge in [-0.25, -0.2) is 9.59 Å². The van der Waals surface area contributed by atoms with Crippen molar-refractivity contribution in [3.8, 4) is 0 Å². The molecule has 1 fully saturated rings. The van der Waals surface area contributed by atoms with E-state index in [0.29, 0.717) is 0 Å². The van der Waals surface area contributed by atoms with Crippen LogP contribution < -0.4 is 0 Å². The van der Waals surface area contributed by atoms with Gasteiger partial charge in [0, 0.05) is 23.9 Å². The molecule has 1 aliphatic heterocycles. The standard InChI is InChI=1S/C22H33NO5/c1-20(2,3)28-27-19(25)17-12-10-9-11-16(17)18(24)26-15-13-21(4,5)23(8)22(6,7)14-15/h9-12,15H,13-14H2,1-8H3. The summed E-state index contributed by atoms with van der Waals surface area (Å²) < 4.78 is 5.82. The molecular formula is C22H33NO5. The SMILES string of the molecule is CN1C(C)(C)CC(OC(=O)c2ccccc2C(=O)OOC(C)(C)C)CC1(C)C. The second-order valence-electron chi connectivity index (χ2n) is 9.73. The molecule has 6 heteroatoms. The summed E-state index contributed by atoms with van der Waals surface area (Å²) in [7, 11) is 2.10. The van der Waals surface area contributed by atoms with Gasteiger partial charge in [0.15, 0.2) is 0 Å². The molecule has 1 aromatic rings. The van der Waals surface area contributed by atoms with E-state index in [-0.39, 0.29) is 28.3 Å². The zero-order chi connectivity index (χ0) is 21.3. The molecule has 28 heavy (non-hydrogen) atoms. The van der Waals surface area contributed by atoms with Crippen molar-refractivity contribution >= 4 is 11.9 Å². The molecule has 0 N–H and O–H groups in total. The second-order valence-corrected chi connectivity index (χ2v) is 9.73. The minimum Gasteiger partial charge on any atom is -0.459 e. The number of carbonyl (C=O) groups excluding carboxylic acids is 2. The molecular weight excluding hydrogens is 358 g/mol. The molecule has 0 unspecified atom stereocenters. The summed E-state index contributed by atoms with van der Waals surface area (Å²) in [6.45, 7) is 13.9. The number of nitrogens with zero attached hydrogens (tertiary/aromatic N) is 1. The average molecular weight is 392 g/mol. The number of piperidine rings is 1. The number of esters is 1. The van der Waals surface area contributed by atoms with Gasteiger partial charge in [-0.1, -0.05) is 12.1 Å². The topological polar surface area (TPSA) is 65.1 Å².